The first-order chi connectivity index (χ1) is 30.7. The molecule has 10 aromatic carbocycles. The van der Waals surface area contributed by atoms with E-state index in [-0.39, 0.29) is 0 Å². The second-order valence-corrected chi connectivity index (χ2v) is 15.9. The van der Waals surface area contributed by atoms with Crippen molar-refractivity contribution in [2.24, 2.45) is 0 Å². The molecule has 3 heteroatoms. The van der Waals surface area contributed by atoms with Crippen LogP contribution in [0.4, 0.5) is 34.1 Å². The van der Waals surface area contributed by atoms with Gasteiger partial charge in [0, 0.05) is 50.3 Å². The van der Waals surface area contributed by atoms with Crippen molar-refractivity contribution in [3.63, 3.8) is 0 Å². The Bertz CT molecular complexity index is 3320. The number of aromatic nitrogens is 1. The summed E-state index contributed by atoms with van der Waals surface area (Å²) >= 11 is 0. The third-order valence-corrected chi connectivity index (χ3v) is 12.0. The van der Waals surface area contributed by atoms with Gasteiger partial charge in [0.1, 0.15) is 0 Å². The lowest BCUT2D eigenvalue weighted by Gasteiger charge is -2.28. The molecule has 0 amide bonds. The van der Waals surface area contributed by atoms with Crippen LogP contribution in [0.2, 0.25) is 0 Å². The first-order valence-electron chi connectivity index (χ1n) is 21.3. The lowest BCUT2D eigenvalue weighted by molar-refractivity contribution is 1.18. The molecule has 11 rings (SSSR count). The van der Waals surface area contributed by atoms with E-state index in [0.717, 1.165) is 39.8 Å². The fourth-order valence-corrected chi connectivity index (χ4v) is 9.05. The lowest BCUT2D eigenvalue weighted by atomic mass is 9.96. The molecule has 0 saturated carbocycles. The second kappa shape index (κ2) is 15.8. The lowest BCUT2D eigenvalue weighted by Crippen LogP contribution is -2.10. The minimum Gasteiger partial charge on any atom is -0.310 e. The second-order valence-electron chi connectivity index (χ2n) is 15.9. The van der Waals surface area contributed by atoms with Crippen molar-refractivity contribution in [1.29, 1.82) is 0 Å². The Labute approximate surface area is 362 Å². The molecule has 0 atom stereocenters. The predicted octanol–water partition coefficient (Wildman–Crippen LogP) is 16.5. The van der Waals surface area contributed by atoms with Crippen molar-refractivity contribution in [2.45, 2.75) is 6.92 Å². The summed E-state index contributed by atoms with van der Waals surface area (Å²) in [5, 5.41) is 4.85. The molecule has 1 aromatic heterocycles. The average Bonchev–Trinajstić information content (AvgIpc) is 3.67. The molecule has 0 radical (unpaired) electrons. The number of rotatable bonds is 9. The Balaban J connectivity index is 0.998. The van der Waals surface area contributed by atoms with E-state index in [4.69, 9.17) is 0 Å². The van der Waals surface area contributed by atoms with Crippen LogP contribution in [0.15, 0.2) is 243 Å². The molecule has 0 aliphatic carbocycles. The van der Waals surface area contributed by atoms with Crippen LogP contribution in [-0.2, 0) is 0 Å². The van der Waals surface area contributed by atoms with E-state index in [9.17, 15) is 0 Å². The zero-order chi connectivity index (χ0) is 41.4. The molecule has 0 aliphatic heterocycles. The SMILES string of the molecule is Cc1ccc(N(c2ccc(-c3ccc(N(c4ccccc4)c4ccc(-c5ccccc5)cc4)c4ccccc34)cc2)c2ccc3c(c2)c2ccccc2n3-c2ccccc2)cc1. The van der Waals surface area contributed by atoms with Gasteiger partial charge in [-0.25, -0.2) is 0 Å². The van der Waals surface area contributed by atoms with Crippen LogP contribution >= 0.6 is 0 Å². The van der Waals surface area contributed by atoms with Gasteiger partial charge < -0.3 is 14.4 Å². The van der Waals surface area contributed by atoms with Crippen LogP contribution in [0.5, 0.6) is 0 Å². The third kappa shape index (κ3) is 6.67. The number of hydrogen-bond donors (Lipinski definition) is 0. The van der Waals surface area contributed by atoms with E-state index >= 15 is 0 Å². The number of anilines is 6. The zero-order valence-electron chi connectivity index (χ0n) is 34.4. The van der Waals surface area contributed by atoms with Crippen molar-refractivity contribution in [3.8, 4) is 27.9 Å². The Kier molecular flexibility index (Phi) is 9.40. The minimum atomic E-state index is 1.10. The van der Waals surface area contributed by atoms with Gasteiger partial charge >= 0.3 is 0 Å². The number of para-hydroxylation sites is 3. The average molecular weight is 794 g/mol. The van der Waals surface area contributed by atoms with Gasteiger partial charge in [-0.3, -0.25) is 0 Å². The summed E-state index contributed by atoms with van der Waals surface area (Å²) in [6.45, 7) is 2.14. The third-order valence-electron chi connectivity index (χ3n) is 12.0. The van der Waals surface area contributed by atoms with E-state index in [1.165, 1.54) is 60.4 Å². The highest BCUT2D eigenvalue weighted by molar-refractivity contribution is 6.11. The summed E-state index contributed by atoms with van der Waals surface area (Å²) < 4.78 is 2.37. The molecular formula is C59H43N3. The maximum absolute atomic E-state index is 2.37. The van der Waals surface area contributed by atoms with Gasteiger partial charge in [-0.2, -0.15) is 0 Å². The molecule has 0 aliphatic rings. The largest absolute Gasteiger partial charge is 0.310 e. The zero-order valence-corrected chi connectivity index (χ0v) is 34.4. The van der Waals surface area contributed by atoms with Gasteiger partial charge in [-0.1, -0.05) is 157 Å². The highest BCUT2D eigenvalue weighted by atomic mass is 15.1. The van der Waals surface area contributed by atoms with Crippen molar-refractivity contribution < 1.29 is 0 Å². The molecule has 0 N–H and O–H groups in total. The highest BCUT2D eigenvalue weighted by Crippen LogP contribution is 2.44. The normalized spacial score (nSPS) is 11.3. The maximum Gasteiger partial charge on any atom is 0.0542 e. The van der Waals surface area contributed by atoms with Gasteiger partial charge in [-0.05, 0) is 126 Å². The summed E-state index contributed by atoms with van der Waals surface area (Å²) in [5.41, 5.74) is 16.2. The highest BCUT2D eigenvalue weighted by Gasteiger charge is 2.20. The van der Waals surface area contributed by atoms with Crippen molar-refractivity contribution >= 4 is 66.7 Å². The first-order valence-corrected chi connectivity index (χ1v) is 21.3. The van der Waals surface area contributed by atoms with E-state index in [1.54, 1.807) is 0 Å². The predicted molar refractivity (Wildman–Crippen MR) is 263 cm³/mol. The Hall–Kier alpha value is -8.14. The number of nitrogens with zero attached hydrogens (tertiary/aromatic N) is 3. The summed E-state index contributed by atoms with van der Waals surface area (Å²) in [6.07, 6.45) is 0. The Morgan fingerprint density at radius 3 is 1.48 bits per heavy atom. The molecule has 0 bridgehead atoms. The van der Waals surface area contributed by atoms with E-state index in [1.807, 2.05) is 0 Å². The Morgan fingerprint density at radius 1 is 0.306 bits per heavy atom. The van der Waals surface area contributed by atoms with Gasteiger partial charge in [0.15, 0.2) is 0 Å². The molecule has 62 heavy (non-hydrogen) atoms. The van der Waals surface area contributed by atoms with E-state index in [2.05, 4.69) is 264 Å². The maximum atomic E-state index is 2.37. The molecule has 3 nitrogen and oxygen atoms in total. The van der Waals surface area contributed by atoms with Gasteiger partial charge in [-0.15, -0.1) is 0 Å². The van der Waals surface area contributed by atoms with Crippen molar-refractivity contribution in [3.05, 3.63) is 248 Å². The number of hydrogen-bond acceptors (Lipinski definition) is 2. The summed E-state index contributed by atoms with van der Waals surface area (Å²) in [5.74, 6) is 0. The smallest absolute Gasteiger partial charge is 0.0542 e. The standard InChI is InChI=1S/C59H43N3/c1-42-25-31-48(32-26-42)60(51-37-39-59-56(41-51)55-23-13-14-24-57(55)62(59)47-19-9-4-10-20-47)49-35-29-45(30-36-49)52-38-40-58(54-22-12-11-21-53(52)54)61(46-17-7-3-8-18-46)50-33-27-44(28-34-50)43-15-5-2-6-16-43/h2-41H,1H3. The molecular weight excluding hydrogens is 751 g/mol. The summed E-state index contributed by atoms with van der Waals surface area (Å²) in [6, 6.07) is 87.7. The molecule has 0 fully saturated rings. The number of aryl methyl sites for hydroxylation is 1. The van der Waals surface area contributed by atoms with Crippen LogP contribution in [0.1, 0.15) is 5.56 Å². The van der Waals surface area contributed by atoms with Gasteiger partial charge in [0.25, 0.3) is 0 Å². The molecule has 1 heterocycles. The molecule has 0 saturated heterocycles. The van der Waals surface area contributed by atoms with Crippen LogP contribution in [0.3, 0.4) is 0 Å². The van der Waals surface area contributed by atoms with E-state index in [0.29, 0.717) is 0 Å². The van der Waals surface area contributed by atoms with Gasteiger partial charge in [0.05, 0.1) is 16.7 Å². The number of fused-ring (bicyclic) bond motifs is 4. The fraction of sp³-hybridized carbons (Fsp3) is 0.0169. The molecule has 11 aromatic rings. The fourth-order valence-electron chi connectivity index (χ4n) is 9.05. The number of benzene rings is 10. The minimum absolute atomic E-state index is 1.10. The molecule has 0 spiro atoms. The molecule has 294 valence electrons. The van der Waals surface area contributed by atoms with E-state index < -0.39 is 0 Å². The van der Waals surface area contributed by atoms with Crippen molar-refractivity contribution in [1.82, 2.24) is 4.57 Å². The summed E-state index contributed by atoms with van der Waals surface area (Å²) in [7, 11) is 0. The summed E-state index contributed by atoms with van der Waals surface area (Å²) in [4.78, 5) is 4.75. The molecule has 0 unspecified atom stereocenters. The first kappa shape index (κ1) is 36.9. The Morgan fingerprint density at radius 2 is 0.790 bits per heavy atom. The van der Waals surface area contributed by atoms with Crippen LogP contribution in [0.25, 0.3) is 60.5 Å². The topological polar surface area (TPSA) is 11.4 Å². The van der Waals surface area contributed by atoms with Crippen molar-refractivity contribution in [2.75, 3.05) is 9.80 Å². The van der Waals surface area contributed by atoms with Gasteiger partial charge in [0.2, 0.25) is 0 Å². The van der Waals surface area contributed by atoms with Crippen LogP contribution < -0.4 is 9.80 Å². The van der Waals surface area contributed by atoms with Crippen LogP contribution in [0, 0.1) is 6.92 Å². The quantitative estimate of drug-likeness (QED) is 0.144. The monoisotopic (exact) mass is 793 g/mol. The van der Waals surface area contributed by atoms with Crippen LogP contribution in [-0.4, -0.2) is 4.57 Å².